The number of likely N-dealkylation sites (N-methyl/N-ethyl adjacent to an activating group) is 1. The summed E-state index contributed by atoms with van der Waals surface area (Å²) in [7, 11) is 1.51. The summed E-state index contributed by atoms with van der Waals surface area (Å²) in [6.07, 6.45) is 3.65. The second-order valence-corrected chi connectivity index (χ2v) is 6.66. The van der Waals surface area contributed by atoms with Gasteiger partial charge in [0.25, 0.3) is 5.91 Å². The number of fused-ring (bicyclic) bond motifs is 2. The molecule has 0 fully saturated rings. The topological polar surface area (TPSA) is 68.3 Å². The molecule has 0 aliphatic heterocycles. The van der Waals surface area contributed by atoms with Crippen LogP contribution in [0.25, 0.3) is 22.6 Å². The molecular weight excluding hydrogens is 352 g/mol. The molecule has 0 spiro atoms. The number of hydrogen-bond acceptors (Lipinski definition) is 4. The van der Waals surface area contributed by atoms with Crippen LogP contribution in [0.3, 0.4) is 0 Å². The third kappa shape index (κ3) is 3.39. The van der Waals surface area contributed by atoms with Crippen LogP contribution in [0.5, 0.6) is 0 Å². The Kier molecular flexibility index (Phi) is 4.89. The van der Waals surface area contributed by atoms with Gasteiger partial charge in [0.1, 0.15) is 0 Å². The summed E-state index contributed by atoms with van der Waals surface area (Å²) >= 11 is 0. The Bertz CT molecular complexity index is 1090. The number of aromatic nitrogens is 1. The van der Waals surface area contributed by atoms with E-state index in [1.165, 1.54) is 7.05 Å². The van der Waals surface area contributed by atoms with Gasteiger partial charge in [-0.3, -0.25) is 4.79 Å². The number of nitrogens with one attached hydrogen (secondary N) is 1. The molecule has 1 amide bonds. The number of ether oxygens (including phenoxy) is 1. The summed E-state index contributed by atoms with van der Waals surface area (Å²) in [6.45, 7) is -0.298. The number of amides is 1. The Balaban J connectivity index is 1.81. The van der Waals surface area contributed by atoms with Crippen LogP contribution in [0.1, 0.15) is 33.6 Å². The van der Waals surface area contributed by atoms with Crippen molar-refractivity contribution >= 4 is 34.4 Å². The number of carbonyl (C=O) groups is 2. The fourth-order valence-electron chi connectivity index (χ4n) is 3.54. The van der Waals surface area contributed by atoms with E-state index in [4.69, 9.17) is 9.72 Å². The first-order valence-corrected chi connectivity index (χ1v) is 9.22. The first kappa shape index (κ1) is 17.9. The third-order valence-electron chi connectivity index (χ3n) is 4.90. The highest BCUT2D eigenvalue weighted by molar-refractivity contribution is 6.07. The van der Waals surface area contributed by atoms with Crippen LogP contribution >= 0.6 is 0 Å². The van der Waals surface area contributed by atoms with Crippen molar-refractivity contribution in [1.82, 2.24) is 10.3 Å². The van der Waals surface area contributed by atoms with Crippen molar-refractivity contribution in [2.24, 2.45) is 0 Å². The Hall–Kier alpha value is -3.47. The molecule has 0 saturated heterocycles. The lowest BCUT2D eigenvalue weighted by atomic mass is 10.0. The number of carbonyl (C=O) groups excluding carboxylic acids is 2. The zero-order chi connectivity index (χ0) is 19.5. The molecule has 0 bridgehead atoms. The van der Waals surface area contributed by atoms with Gasteiger partial charge in [0, 0.05) is 12.4 Å². The number of pyridine rings is 1. The summed E-state index contributed by atoms with van der Waals surface area (Å²) in [5.74, 6) is -0.826. The predicted molar refractivity (Wildman–Crippen MR) is 109 cm³/mol. The van der Waals surface area contributed by atoms with Gasteiger partial charge in [-0.15, -0.1) is 0 Å². The average Bonchev–Trinajstić information content (AvgIpc) is 3.12. The van der Waals surface area contributed by atoms with Gasteiger partial charge < -0.3 is 10.1 Å². The molecule has 1 aliphatic rings. The molecule has 0 radical (unpaired) electrons. The van der Waals surface area contributed by atoms with Crippen LogP contribution < -0.4 is 5.32 Å². The number of rotatable bonds is 4. The fourth-order valence-corrected chi connectivity index (χ4v) is 3.54. The average molecular weight is 372 g/mol. The molecular formula is C23H20N2O3. The molecule has 1 N–H and O–H groups in total. The lowest BCUT2D eigenvalue weighted by molar-refractivity contribution is -0.123. The first-order valence-electron chi connectivity index (χ1n) is 9.22. The SMILES string of the molecule is CNC(=O)COC(=O)c1c2c(nc3ccccc13)/C(=C\c1ccccc1)CC2. The van der Waals surface area contributed by atoms with Crippen LogP contribution in [-0.4, -0.2) is 30.5 Å². The van der Waals surface area contributed by atoms with Crippen LogP contribution in [0, 0.1) is 0 Å². The lowest BCUT2D eigenvalue weighted by Crippen LogP contribution is -2.25. The highest BCUT2D eigenvalue weighted by Crippen LogP contribution is 2.37. The van der Waals surface area contributed by atoms with Crippen molar-refractivity contribution in [3.63, 3.8) is 0 Å². The molecule has 0 unspecified atom stereocenters. The number of nitrogens with zero attached hydrogens (tertiary/aromatic N) is 1. The summed E-state index contributed by atoms with van der Waals surface area (Å²) in [5.41, 5.74) is 5.20. The number of benzene rings is 2. The quantitative estimate of drug-likeness (QED) is 0.710. The molecule has 1 heterocycles. The molecule has 3 aromatic rings. The zero-order valence-electron chi connectivity index (χ0n) is 15.6. The maximum atomic E-state index is 12.9. The second-order valence-electron chi connectivity index (χ2n) is 6.66. The molecule has 4 rings (SSSR count). The van der Waals surface area contributed by atoms with E-state index in [1.54, 1.807) is 0 Å². The van der Waals surface area contributed by atoms with Gasteiger partial charge in [-0.25, -0.2) is 9.78 Å². The molecule has 28 heavy (non-hydrogen) atoms. The Morgan fingerprint density at radius 2 is 1.82 bits per heavy atom. The molecule has 140 valence electrons. The minimum absolute atomic E-state index is 0.298. The number of esters is 1. The highest BCUT2D eigenvalue weighted by atomic mass is 16.5. The van der Waals surface area contributed by atoms with E-state index < -0.39 is 5.97 Å². The van der Waals surface area contributed by atoms with Crippen molar-refractivity contribution < 1.29 is 14.3 Å². The highest BCUT2D eigenvalue weighted by Gasteiger charge is 2.27. The molecule has 5 heteroatoms. The number of para-hydroxylation sites is 1. The van der Waals surface area contributed by atoms with E-state index in [1.807, 2.05) is 54.6 Å². The van der Waals surface area contributed by atoms with Crippen molar-refractivity contribution in [2.45, 2.75) is 12.8 Å². The zero-order valence-corrected chi connectivity index (χ0v) is 15.6. The molecule has 2 aromatic carbocycles. The van der Waals surface area contributed by atoms with Crippen LogP contribution in [-0.2, 0) is 16.0 Å². The molecule has 0 atom stereocenters. The summed E-state index contributed by atoms with van der Waals surface area (Å²) in [6, 6.07) is 17.6. The van der Waals surface area contributed by atoms with Crippen molar-refractivity contribution in [3.8, 4) is 0 Å². The lowest BCUT2D eigenvalue weighted by Gasteiger charge is -2.12. The van der Waals surface area contributed by atoms with Gasteiger partial charge in [-0.1, -0.05) is 48.5 Å². The predicted octanol–water partition coefficient (Wildman–Crippen LogP) is 3.62. The van der Waals surface area contributed by atoms with E-state index in [9.17, 15) is 9.59 Å². The second kappa shape index (κ2) is 7.64. The van der Waals surface area contributed by atoms with Crippen LogP contribution in [0.2, 0.25) is 0 Å². The van der Waals surface area contributed by atoms with Crippen molar-refractivity contribution in [3.05, 3.63) is 77.0 Å². The minimum atomic E-state index is -0.487. The monoisotopic (exact) mass is 372 g/mol. The third-order valence-corrected chi connectivity index (χ3v) is 4.90. The Labute approximate surface area is 163 Å². The Morgan fingerprint density at radius 3 is 2.61 bits per heavy atom. The van der Waals surface area contributed by atoms with E-state index in [0.717, 1.165) is 46.1 Å². The van der Waals surface area contributed by atoms with Crippen molar-refractivity contribution in [2.75, 3.05) is 13.7 Å². The molecule has 5 nitrogen and oxygen atoms in total. The fraction of sp³-hybridized carbons (Fsp3) is 0.174. The maximum absolute atomic E-state index is 12.9. The first-order chi connectivity index (χ1) is 13.7. The largest absolute Gasteiger partial charge is 0.452 e. The van der Waals surface area contributed by atoms with Gasteiger partial charge in [0.15, 0.2) is 6.61 Å². The van der Waals surface area contributed by atoms with Gasteiger partial charge in [0.2, 0.25) is 0 Å². The number of allylic oxidation sites excluding steroid dienone is 1. The van der Waals surface area contributed by atoms with E-state index >= 15 is 0 Å². The minimum Gasteiger partial charge on any atom is -0.452 e. The van der Waals surface area contributed by atoms with Crippen LogP contribution in [0.15, 0.2) is 54.6 Å². The molecule has 1 aromatic heterocycles. The van der Waals surface area contributed by atoms with Gasteiger partial charge in [-0.2, -0.15) is 0 Å². The normalized spacial score (nSPS) is 14.1. The van der Waals surface area contributed by atoms with E-state index in [-0.39, 0.29) is 12.5 Å². The maximum Gasteiger partial charge on any atom is 0.339 e. The molecule has 0 saturated carbocycles. The van der Waals surface area contributed by atoms with Gasteiger partial charge in [0.05, 0.1) is 16.8 Å². The van der Waals surface area contributed by atoms with Gasteiger partial charge >= 0.3 is 5.97 Å². The number of hydrogen-bond donors (Lipinski definition) is 1. The summed E-state index contributed by atoms with van der Waals surface area (Å²) in [4.78, 5) is 29.2. The van der Waals surface area contributed by atoms with Gasteiger partial charge in [-0.05, 0) is 41.7 Å². The smallest absolute Gasteiger partial charge is 0.339 e. The van der Waals surface area contributed by atoms with Crippen molar-refractivity contribution in [1.29, 1.82) is 0 Å². The standard InChI is InChI=1S/C23H20N2O3/c1-24-20(26)14-28-23(27)21-17-9-5-6-10-19(17)25-22-16(11-12-18(21)22)13-15-7-3-2-4-8-15/h2-10,13H,11-12,14H2,1H3,(H,24,26)/b16-13-. The van der Waals surface area contributed by atoms with Crippen LogP contribution in [0.4, 0.5) is 0 Å². The van der Waals surface area contributed by atoms with E-state index in [2.05, 4.69) is 11.4 Å². The Morgan fingerprint density at radius 1 is 1.07 bits per heavy atom. The van der Waals surface area contributed by atoms with E-state index in [0.29, 0.717) is 5.56 Å². The summed E-state index contributed by atoms with van der Waals surface area (Å²) in [5, 5.41) is 3.21. The molecule has 1 aliphatic carbocycles. The summed E-state index contributed by atoms with van der Waals surface area (Å²) < 4.78 is 5.27.